The number of nitrogens with two attached hydrogens (primary N) is 1. The van der Waals surface area contributed by atoms with Crippen molar-refractivity contribution in [2.45, 2.75) is 52.3 Å². The van der Waals surface area contributed by atoms with Crippen LogP contribution in [0.5, 0.6) is 0 Å². The second-order valence-corrected chi connectivity index (χ2v) is 7.03. The minimum absolute atomic E-state index is 0.0420. The Bertz CT molecular complexity index is 529. The molecule has 124 valence electrons. The van der Waals surface area contributed by atoms with Crippen LogP contribution in [0.4, 0.5) is 16.3 Å². The number of carbonyl (C=O) groups excluding carboxylic acids is 1. The highest BCUT2D eigenvalue weighted by atomic mass is 16.6. The number of amides is 1. The quantitative estimate of drug-likeness (QED) is 0.856. The highest BCUT2D eigenvalue weighted by Gasteiger charge is 2.36. The fraction of sp³-hybridized carbons (Fsp3) is 0.733. The van der Waals surface area contributed by atoms with E-state index >= 15 is 0 Å². The predicted octanol–water partition coefficient (Wildman–Crippen LogP) is 1.84. The largest absolute Gasteiger partial charge is 0.444 e. The SMILES string of the molecule is C[C@@H]1CN(c2c(N)cnn2C)[C@H](C)CN1C(=O)OC(C)(C)C. The third-order valence-electron chi connectivity index (χ3n) is 3.82. The van der Waals surface area contributed by atoms with Crippen LogP contribution in [0.1, 0.15) is 34.6 Å². The molecule has 1 amide bonds. The van der Waals surface area contributed by atoms with Crippen molar-refractivity contribution in [3.05, 3.63) is 6.20 Å². The van der Waals surface area contributed by atoms with Gasteiger partial charge in [0.15, 0.2) is 0 Å². The molecule has 1 fully saturated rings. The van der Waals surface area contributed by atoms with Gasteiger partial charge >= 0.3 is 6.09 Å². The van der Waals surface area contributed by atoms with Gasteiger partial charge in [-0.05, 0) is 34.6 Å². The summed E-state index contributed by atoms with van der Waals surface area (Å²) in [5.74, 6) is 0.906. The Morgan fingerprint density at radius 3 is 2.45 bits per heavy atom. The number of piperazine rings is 1. The summed E-state index contributed by atoms with van der Waals surface area (Å²) >= 11 is 0. The molecule has 1 aromatic rings. The van der Waals surface area contributed by atoms with Crippen molar-refractivity contribution in [2.24, 2.45) is 7.05 Å². The molecule has 0 bridgehead atoms. The summed E-state index contributed by atoms with van der Waals surface area (Å²) in [6.07, 6.45) is 1.40. The van der Waals surface area contributed by atoms with Crippen LogP contribution in [-0.2, 0) is 11.8 Å². The van der Waals surface area contributed by atoms with E-state index in [1.165, 1.54) is 0 Å². The molecular weight excluding hydrogens is 282 g/mol. The zero-order chi connectivity index (χ0) is 16.7. The van der Waals surface area contributed by atoms with Crippen LogP contribution in [0, 0.1) is 0 Å². The number of anilines is 2. The number of aryl methyl sites for hydroxylation is 1. The Morgan fingerprint density at radius 1 is 1.32 bits per heavy atom. The lowest BCUT2D eigenvalue weighted by Gasteiger charge is -2.45. The van der Waals surface area contributed by atoms with E-state index in [9.17, 15) is 4.79 Å². The molecule has 1 aliphatic heterocycles. The third kappa shape index (κ3) is 3.28. The maximum Gasteiger partial charge on any atom is 0.410 e. The van der Waals surface area contributed by atoms with Crippen LogP contribution in [-0.4, -0.2) is 51.5 Å². The average molecular weight is 309 g/mol. The van der Waals surface area contributed by atoms with Gasteiger partial charge in [0.25, 0.3) is 0 Å². The molecule has 0 radical (unpaired) electrons. The topological polar surface area (TPSA) is 76.6 Å². The Balaban J connectivity index is 2.14. The molecule has 22 heavy (non-hydrogen) atoms. The van der Waals surface area contributed by atoms with Crippen LogP contribution in [0.3, 0.4) is 0 Å². The smallest absolute Gasteiger partial charge is 0.410 e. The van der Waals surface area contributed by atoms with E-state index in [4.69, 9.17) is 10.5 Å². The van der Waals surface area contributed by atoms with Crippen molar-refractivity contribution in [3.63, 3.8) is 0 Å². The molecule has 0 saturated carbocycles. The first kappa shape index (κ1) is 16.5. The Labute approximate surface area is 132 Å². The molecule has 0 aromatic carbocycles. The van der Waals surface area contributed by atoms with Crippen LogP contribution >= 0.6 is 0 Å². The first-order valence-corrected chi connectivity index (χ1v) is 7.64. The highest BCUT2D eigenvalue weighted by Crippen LogP contribution is 2.28. The first-order valence-electron chi connectivity index (χ1n) is 7.64. The molecule has 2 N–H and O–H groups in total. The highest BCUT2D eigenvalue weighted by molar-refractivity contribution is 5.70. The van der Waals surface area contributed by atoms with Gasteiger partial charge in [0.2, 0.25) is 0 Å². The minimum atomic E-state index is -0.482. The molecule has 1 saturated heterocycles. The summed E-state index contributed by atoms with van der Waals surface area (Å²) in [6.45, 7) is 11.0. The number of carbonyl (C=O) groups is 1. The van der Waals surface area contributed by atoms with E-state index in [2.05, 4.69) is 16.9 Å². The van der Waals surface area contributed by atoms with Gasteiger partial charge in [-0.3, -0.25) is 4.68 Å². The predicted molar refractivity (Wildman–Crippen MR) is 86.8 cm³/mol. The number of nitrogens with zero attached hydrogens (tertiary/aromatic N) is 4. The second kappa shape index (κ2) is 5.70. The van der Waals surface area contributed by atoms with Crippen molar-refractivity contribution < 1.29 is 9.53 Å². The summed E-state index contributed by atoms with van der Waals surface area (Å²) in [6, 6.07) is 0.182. The summed E-state index contributed by atoms with van der Waals surface area (Å²) in [5, 5.41) is 4.20. The average Bonchev–Trinajstić information content (AvgIpc) is 2.69. The fourth-order valence-electron chi connectivity index (χ4n) is 2.80. The molecule has 0 spiro atoms. The summed E-state index contributed by atoms with van der Waals surface area (Å²) in [7, 11) is 1.88. The molecule has 2 rings (SSSR count). The van der Waals surface area contributed by atoms with Gasteiger partial charge in [-0.1, -0.05) is 0 Å². The van der Waals surface area contributed by atoms with Crippen molar-refractivity contribution in [1.82, 2.24) is 14.7 Å². The zero-order valence-corrected chi connectivity index (χ0v) is 14.3. The number of aromatic nitrogens is 2. The fourth-order valence-corrected chi connectivity index (χ4v) is 2.80. The van der Waals surface area contributed by atoms with E-state index in [0.717, 1.165) is 5.82 Å². The van der Waals surface area contributed by atoms with E-state index in [0.29, 0.717) is 18.8 Å². The Hall–Kier alpha value is -1.92. The van der Waals surface area contributed by atoms with E-state index in [-0.39, 0.29) is 18.2 Å². The molecule has 2 heterocycles. The maximum absolute atomic E-state index is 12.3. The van der Waals surface area contributed by atoms with Gasteiger partial charge in [0.05, 0.1) is 11.9 Å². The maximum atomic E-state index is 12.3. The van der Waals surface area contributed by atoms with Crippen molar-refractivity contribution in [3.8, 4) is 0 Å². The van der Waals surface area contributed by atoms with Crippen molar-refractivity contribution >= 4 is 17.6 Å². The van der Waals surface area contributed by atoms with Crippen LogP contribution in [0.25, 0.3) is 0 Å². The minimum Gasteiger partial charge on any atom is -0.444 e. The van der Waals surface area contributed by atoms with Gasteiger partial charge in [-0.2, -0.15) is 5.10 Å². The van der Waals surface area contributed by atoms with Gasteiger partial charge in [-0.15, -0.1) is 0 Å². The molecule has 1 aliphatic rings. The van der Waals surface area contributed by atoms with Crippen LogP contribution < -0.4 is 10.6 Å². The lowest BCUT2D eigenvalue weighted by Crippen LogP contribution is -2.59. The molecule has 1 aromatic heterocycles. The zero-order valence-electron chi connectivity index (χ0n) is 14.3. The normalized spacial score (nSPS) is 22.8. The van der Waals surface area contributed by atoms with E-state index in [1.807, 2.05) is 34.7 Å². The van der Waals surface area contributed by atoms with Gasteiger partial charge in [-0.25, -0.2) is 4.79 Å². The molecule has 2 atom stereocenters. The Morgan fingerprint density at radius 2 is 1.95 bits per heavy atom. The summed E-state index contributed by atoms with van der Waals surface area (Å²) < 4.78 is 7.28. The number of hydrogen-bond acceptors (Lipinski definition) is 5. The molecule has 7 heteroatoms. The number of rotatable bonds is 1. The number of nitrogen functional groups attached to an aromatic ring is 1. The van der Waals surface area contributed by atoms with Gasteiger partial charge in [0, 0.05) is 32.2 Å². The van der Waals surface area contributed by atoms with Crippen molar-refractivity contribution in [1.29, 1.82) is 0 Å². The number of ether oxygens (including phenoxy) is 1. The van der Waals surface area contributed by atoms with Crippen LogP contribution in [0.15, 0.2) is 6.20 Å². The molecular formula is C15H27N5O2. The van der Waals surface area contributed by atoms with Crippen LogP contribution in [0.2, 0.25) is 0 Å². The standard InChI is InChI=1S/C15H27N5O2/c1-10-9-20(14(21)22-15(3,4)5)11(2)8-19(10)13-12(16)7-17-18(13)6/h7,10-11H,8-9,16H2,1-6H3/t10-,11-/m1/s1. The second-order valence-electron chi connectivity index (χ2n) is 7.03. The third-order valence-corrected chi connectivity index (χ3v) is 3.82. The van der Waals surface area contributed by atoms with Crippen molar-refractivity contribution in [2.75, 3.05) is 23.7 Å². The Kier molecular flexibility index (Phi) is 4.26. The monoisotopic (exact) mass is 309 g/mol. The molecule has 7 nitrogen and oxygen atoms in total. The molecule has 0 unspecified atom stereocenters. The first-order chi connectivity index (χ1) is 10.1. The summed E-state index contributed by atoms with van der Waals surface area (Å²) in [5.41, 5.74) is 6.20. The lowest BCUT2D eigenvalue weighted by molar-refractivity contribution is 0.0129. The number of hydrogen-bond donors (Lipinski definition) is 1. The van der Waals surface area contributed by atoms with Gasteiger partial charge in [0.1, 0.15) is 11.4 Å². The van der Waals surface area contributed by atoms with E-state index in [1.54, 1.807) is 15.8 Å². The van der Waals surface area contributed by atoms with Gasteiger partial charge < -0.3 is 20.3 Å². The van der Waals surface area contributed by atoms with E-state index < -0.39 is 5.60 Å². The summed E-state index contributed by atoms with van der Waals surface area (Å²) in [4.78, 5) is 16.3. The lowest BCUT2D eigenvalue weighted by atomic mass is 10.1. The molecule has 0 aliphatic carbocycles.